The highest BCUT2D eigenvalue weighted by Gasteiger charge is 2.26. The fraction of sp³-hybridized carbons (Fsp3) is 0.857. The molecule has 27 heavy (non-hydrogen) atoms. The third-order valence-corrected chi connectivity index (χ3v) is 5.09. The fourth-order valence-electron chi connectivity index (χ4n) is 3.77. The minimum Gasteiger partial charge on any atom is -0.460 e. The zero-order valence-electron chi connectivity index (χ0n) is 17.6. The molecule has 6 heteroatoms. The van der Waals surface area contributed by atoms with Crippen LogP contribution in [0.15, 0.2) is 4.52 Å². The number of ether oxygens (including phenoxy) is 1. The second kappa shape index (κ2) is 10.8. The average molecular weight is 380 g/mol. The average Bonchev–Trinajstić information content (AvgIpc) is 3.07. The van der Waals surface area contributed by atoms with Crippen LogP contribution in [0.1, 0.15) is 103 Å². The number of aromatic nitrogens is 2. The summed E-state index contributed by atoms with van der Waals surface area (Å²) in [7, 11) is 0. The van der Waals surface area contributed by atoms with Crippen molar-refractivity contribution in [3.05, 3.63) is 11.7 Å². The number of rotatable bonds is 10. The highest BCUT2D eigenvalue weighted by Crippen LogP contribution is 2.31. The predicted octanol–water partition coefficient (Wildman–Crippen LogP) is 4.75. The van der Waals surface area contributed by atoms with Gasteiger partial charge in [-0.25, -0.2) is 0 Å². The van der Waals surface area contributed by atoms with E-state index < -0.39 is 5.60 Å². The highest BCUT2D eigenvalue weighted by atomic mass is 16.6. The van der Waals surface area contributed by atoms with E-state index in [-0.39, 0.29) is 11.9 Å². The molecule has 1 heterocycles. The fourth-order valence-corrected chi connectivity index (χ4v) is 3.77. The zero-order valence-corrected chi connectivity index (χ0v) is 17.6. The van der Waals surface area contributed by atoms with E-state index in [0.717, 1.165) is 25.3 Å². The number of nitrogens with zero attached hydrogens (tertiary/aromatic N) is 2. The van der Waals surface area contributed by atoms with Crippen molar-refractivity contribution in [3.8, 4) is 0 Å². The molecule has 0 radical (unpaired) electrons. The van der Waals surface area contributed by atoms with Gasteiger partial charge in [0.05, 0.1) is 13.0 Å². The molecule has 1 N–H and O–H groups in total. The summed E-state index contributed by atoms with van der Waals surface area (Å²) in [4.78, 5) is 16.9. The van der Waals surface area contributed by atoms with Crippen LogP contribution in [0.2, 0.25) is 0 Å². The molecule has 0 aliphatic heterocycles. The van der Waals surface area contributed by atoms with Crippen LogP contribution in [0, 0.1) is 5.92 Å². The lowest BCUT2D eigenvalue weighted by Crippen LogP contribution is -2.25. The third-order valence-electron chi connectivity index (χ3n) is 5.09. The Morgan fingerprint density at radius 1 is 1.30 bits per heavy atom. The predicted molar refractivity (Wildman–Crippen MR) is 105 cm³/mol. The molecule has 1 fully saturated rings. The number of nitrogens with one attached hydrogen (secondary N) is 1. The topological polar surface area (TPSA) is 77.2 Å². The van der Waals surface area contributed by atoms with Gasteiger partial charge in [0.2, 0.25) is 5.89 Å². The van der Waals surface area contributed by atoms with Gasteiger partial charge in [0.25, 0.3) is 0 Å². The van der Waals surface area contributed by atoms with Gasteiger partial charge in [-0.2, -0.15) is 4.98 Å². The monoisotopic (exact) mass is 379 g/mol. The number of hydrogen-bond acceptors (Lipinski definition) is 6. The molecule has 1 aromatic rings. The van der Waals surface area contributed by atoms with Crippen LogP contribution in [0.25, 0.3) is 0 Å². The van der Waals surface area contributed by atoms with Crippen molar-refractivity contribution in [1.29, 1.82) is 0 Å². The van der Waals surface area contributed by atoms with Crippen molar-refractivity contribution < 1.29 is 14.1 Å². The van der Waals surface area contributed by atoms with E-state index in [1.54, 1.807) is 0 Å². The highest BCUT2D eigenvalue weighted by molar-refractivity contribution is 5.70. The minimum atomic E-state index is -0.477. The summed E-state index contributed by atoms with van der Waals surface area (Å²) < 4.78 is 11.0. The molecule has 6 nitrogen and oxygen atoms in total. The number of esters is 1. The summed E-state index contributed by atoms with van der Waals surface area (Å²) >= 11 is 0. The van der Waals surface area contributed by atoms with Gasteiger partial charge in [-0.05, 0) is 39.7 Å². The molecule has 1 aromatic heterocycles. The number of carbonyl (C=O) groups excluding carboxylic acids is 1. The quantitative estimate of drug-likeness (QED) is 0.591. The molecule has 1 aliphatic carbocycles. The maximum Gasteiger partial charge on any atom is 0.307 e. The standard InChI is InChI=1S/C21H37N3O3/c1-5-22-15-18-23-20(27-24-18)17(14-19(25)26-21(2,3)4)13-9-12-16-10-7-6-8-11-16/h16-17,22H,5-15H2,1-4H3. The minimum absolute atomic E-state index is 0.0636. The van der Waals surface area contributed by atoms with E-state index in [1.807, 2.05) is 27.7 Å². The smallest absolute Gasteiger partial charge is 0.307 e. The normalized spacial score (nSPS) is 17.0. The van der Waals surface area contributed by atoms with Crippen molar-refractivity contribution in [3.63, 3.8) is 0 Å². The lowest BCUT2D eigenvalue weighted by atomic mass is 9.84. The van der Waals surface area contributed by atoms with Gasteiger partial charge in [0, 0.05) is 5.92 Å². The van der Waals surface area contributed by atoms with Crippen molar-refractivity contribution in [2.24, 2.45) is 5.92 Å². The molecule has 2 rings (SSSR count). The van der Waals surface area contributed by atoms with E-state index in [2.05, 4.69) is 15.5 Å². The zero-order chi connectivity index (χ0) is 19.7. The first-order valence-electron chi connectivity index (χ1n) is 10.6. The van der Waals surface area contributed by atoms with Crippen LogP contribution in [-0.2, 0) is 16.1 Å². The molecule has 0 amide bonds. The van der Waals surface area contributed by atoms with Gasteiger partial charge in [-0.15, -0.1) is 0 Å². The Morgan fingerprint density at radius 2 is 2.04 bits per heavy atom. The molecular formula is C21H37N3O3. The largest absolute Gasteiger partial charge is 0.460 e. The first kappa shape index (κ1) is 21.9. The van der Waals surface area contributed by atoms with Crippen molar-refractivity contribution in [1.82, 2.24) is 15.5 Å². The van der Waals surface area contributed by atoms with Crippen molar-refractivity contribution in [2.45, 2.75) is 104 Å². The molecular weight excluding hydrogens is 342 g/mol. The molecule has 0 aromatic carbocycles. The Hall–Kier alpha value is -1.43. The second-order valence-electron chi connectivity index (χ2n) is 8.75. The summed E-state index contributed by atoms with van der Waals surface area (Å²) in [6, 6.07) is 0. The summed E-state index contributed by atoms with van der Waals surface area (Å²) in [6.45, 7) is 9.16. The van der Waals surface area contributed by atoms with Gasteiger partial charge in [-0.3, -0.25) is 4.79 Å². The SMILES string of the molecule is CCNCc1noc(C(CCCC2CCCCC2)CC(=O)OC(C)(C)C)n1. The Labute approximate surface area is 163 Å². The maximum absolute atomic E-state index is 12.4. The van der Waals surface area contributed by atoms with Crippen LogP contribution in [0.3, 0.4) is 0 Å². The summed E-state index contributed by atoms with van der Waals surface area (Å²) in [5.41, 5.74) is -0.477. The summed E-state index contributed by atoms with van der Waals surface area (Å²) in [5.74, 6) is 1.79. The van der Waals surface area contributed by atoms with E-state index in [9.17, 15) is 4.79 Å². The molecule has 0 spiro atoms. The van der Waals surface area contributed by atoms with Crippen LogP contribution in [0.5, 0.6) is 0 Å². The number of carbonyl (C=O) groups is 1. The van der Waals surface area contributed by atoms with E-state index in [1.165, 1.54) is 38.5 Å². The Balaban J connectivity index is 1.94. The molecule has 0 saturated heterocycles. The van der Waals surface area contributed by atoms with Gasteiger partial charge in [0.1, 0.15) is 5.60 Å². The van der Waals surface area contributed by atoms with Crippen molar-refractivity contribution in [2.75, 3.05) is 6.54 Å². The van der Waals surface area contributed by atoms with Crippen molar-refractivity contribution >= 4 is 5.97 Å². The molecule has 1 saturated carbocycles. The van der Waals surface area contributed by atoms with Crippen LogP contribution in [0.4, 0.5) is 0 Å². The lowest BCUT2D eigenvalue weighted by molar-refractivity contribution is -0.155. The van der Waals surface area contributed by atoms with Gasteiger partial charge in [-0.1, -0.05) is 57.0 Å². The summed E-state index contributed by atoms with van der Waals surface area (Å²) in [6.07, 6.45) is 10.3. The molecule has 1 atom stereocenters. The molecule has 154 valence electrons. The van der Waals surface area contributed by atoms with Gasteiger partial charge in [0.15, 0.2) is 5.82 Å². The third kappa shape index (κ3) is 8.41. The maximum atomic E-state index is 12.4. The van der Waals surface area contributed by atoms with Crippen LogP contribution < -0.4 is 5.32 Å². The van der Waals surface area contributed by atoms with Crippen LogP contribution in [-0.4, -0.2) is 28.3 Å². The number of hydrogen-bond donors (Lipinski definition) is 1. The second-order valence-corrected chi connectivity index (χ2v) is 8.75. The lowest BCUT2D eigenvalue weighted by Gasteiger charge is -2.23. The first-order chi connectivity index (χ1) is 12.9. The van der Waals surface area contributed by atoms with E-state index >= 15 is 0 Å². The Morgan fingerprint density at radius 3 is 2.70 bits per heavy atom. The van der Waals surface area contributed by atoms with Crippen LogP contribution >= 0.6 is 0 Å². The van der Waals surface area contributed by atoms with E-state index in [4.69, 9.17) is 9.26 Å². The molecule has 0 bridgehead atoms. The summed E-state index contributed by atoms with van der Waals surface area (Å²) in [5, 5.41) is 7.25. The van der Waals surface area contributed by atoms with E-state index in [0.29, 0.717) is 24.7 Å². The van der Waals surface area contributed by atoms with Gasteiger partial charge < -0.3 is 14.6 Å². The van der Waals surface area contributed by atoms with Gasteiger partial charge >= 0.3 is 5.97 Å². The molecule has 1 aliphatic rings. The Kier molecular flexibility index (Phi) is 8.74. The Bertz CT molecular complexity index is 559. The molecule has 1 unspecified atom stereocenters. The first-order valence-corrected chi connectivity index (χ1v) is 10.6.